The van der Waals surface area contributed by atoms with Crippen molar-refractivity contribution in [3.8, 4) is 0 Å². The molecule has 3 rings (SSSR count). The van der Waals surface area contributed by atoms with Crippen molar-refractivity contribution in [2.75, 3.05) is 13.2 Å². The Bertz CT molecular complexity index is 874. The summed E-state index contributed by atoms with van der Waals surface area (Å²) in [5.41, 5.74) is 0.705. The number of hydrogen-bond donors (Lipinski definition) is 5. The topological polar surface area (TPSA) is 226 Å². The first-order chi connectivity index (χ1) is 15.6. The van der Waals surface area contributed by atoms with Gasteiger partial charge >= 0.3 is 19.8 Å². The number of hydrogen-bond acceptors (Lipinski definition) is 15. The first-order valence-electron chi connectivity index (χ1n) is 9.61. The summed E-state index contributed by atoms with van der Waals surface area (Å²) in [7, 11) is -4.06. The molecule has 2 aliphatic heterocycles. The third-order valence-electron chi connectivity index (χ3n) is 4.81. The second-order valence-corrected chi connectivity index (χ2v) is 8.65. The molecule has 33 heavy (non-hydrogen) atoms. The maximum atomic E-state index is 12.8. The molecule has 184 valence electrons. The normalized spacial score (nSPS) is 33.8. The van der Waals surface area contributed by atoms with Gasteiger partial charge < -0.3 is 34.7 Å². The predicted molar refractivity (Wildman–Crippen MR) is 101 cm³/mol. The number of aliphatic hydroxyl groups is 4. The van der Waals surface area contributed by atoms with Gasteiger partial charge in [0.1, 0.15) is 18.3 Å². The van der Waals surface area contributed by atoms with Crippen LogP contribution in [-0.4, -0.2) is 87.4 Å². The van der Waals surface area contributed by atoms with E-state index >= 15 is 0 Å². The van der Waals surface area contributed by atoms with Crippen LogP contribution in [0.25, 0.3) is 0 Å². The van der Waals surface area contributed by atoms with E-state index in [0.717, 1.165) is 0 Å². The van der Waals surface area contributed by atoms with Gasteiger partial charge in [-0.05, 0) is 17.7 Å². The lowest BCUT2D eigenvalue weighted by Gasteiger charge is -2.29. The van der Waals surface area contributed by atoms with Crippen molar-refractivity contribution in [3.63, 3.8) is 0 Å². The zero-order chi connectivity index (χ0) is 24.2. The Morgan fingerprint density at radius 2 is 1.85 bits per heavy atom. The highest BCUT2D eigenvalue weighted by Crippen LogP contribution is 2.57. The summed E-state index contributed by atoms with van der Waals surface area (Å²) in [4.78, 5) is 30.5. The monoisotopic (exact) mass is 494 g/mol. The molecular formula is C17H23N2O13P. The summed E-state index contributed by atoms with van der Waals surface area (Å²) in [6.45, 7) is -0.524. The number of carbonyl (C=O) groups is 2. The number of aliphatic hydroxyl groups excluding tert-OH is 4. The minimum absolute atomic E-state index is 0.0622. The van der Waals surface area contributed by atoms with Crippen molar-refractivity contribution >= 4 is 19.8 Å². The maximum Gasteiger partial charge on any atom is 0.475 e. The molecule has 6 N–H and O–H groups in total. The number of carbonyl (C=O) groups excluding carboxylic acids is 2. The number of esters is 1. The van der Waals surface area contributed by atoms with Crippen molar-refractivity contribution in [2.24, 2.45) is 5.90 Å². The number of phosphoric ester groups is 1. The molecule has 0 unspecified atom stereocenters. The van der Waals surface area contributed by atoms with Crippen LogP contribution < -0.4 is 5.90 Å². The fraction of sp³-hybridized carbons (Fsp3) is 0.588. The van der Waals surface area contributed by atoms with Crippen LogP contribution in [0.2, 0.25) is 0 Å². The second kappa shape index (κ2) is 10.9. The molecule has 2 saturated heterocycles. The molecule has 3 heterocycles. The second-order valence-electron chi connectivity index (χ2n) is 7.03. The van der Waals surface area contributed by atoms with Gasteiger partial charge in [-0.25, -0.2) is 14.2 Å². The lowest BCUT2D eigenvalue weighted by molar-refractivity contribution is -0.204. The van der Waals surface area contributed by atoms with Crippen LogP contribution in [0.5, 0.6) is 0 Å². The highest BCUT2D eigenvalue weighted by molar-refractivity contribution is 7.48. The molecule has 8 atom stereocenters. The average molecular weight is 494 g/mol. The van der Waals surface area contributed by atoms with E-state index < -0.39 is 69.3 Å². The standard InChI is InChI=1S/C17H23N2O13P/c18-31-16(25)13(22)12(21)15(24)30-17-14(23)11(20)10(29-17)7-28-33(26)27-6-3-9(32-33)8-1-4-19-5-2-8/h1-2,4-5,9-14,17,20-23H,3,6-7,18H2/t9-,10+,11+,12+,13+,14-,17-,33+/m0/s1. The molecule has 15 nitrogen and oxygen atoms in total. The van der Waals surface area contributed by atoms with Gasteiger partial charge in [0.25, 0.3) is 0 Å². The maximum absolute atomic E-state index is 12.8. The van der Waals surface area contributed by atoms with E-state index in [1.54, 1.807) is 24.5 Å². The van der Waals surface area contributed by atoms with Crippen molar-refractivity contribution < 1.29 is 62.5 Å². The van der Waals surface area contributed by atoms with Crippen LogP contribution in [0.1, 0.15) is 18.1 Å². The van der Waals surface area contributed by atoms with Gasteiger partial charge in [0, 0.05) is 18.8 Å². The Hall–Kier alpha value is -2.04. The molecule has 2 aliphatic rings. The predicted octanol–water partition coefficient (Wildman–Crippen LogP) is -2.19. The average Bonchev–Trinajstić information content (AvgIpc) is 3.09. The zero-order valence-electron chi connectivity index (χ0n) is 16.9. The molecule has 0 spiro atoms. The first-order valence-corrected chi connectivity index (χ1v) is 11.1. The minimum Gasteiger partial charge on any atom is -0.431 e. The van der Waals surface area contributed by atoms with Crippen molar-refractivity contribution in [1.82, 2.24) is 4.98 Å². The smallest absolute Gasteiger partial charge is 0.431 e. The molecule has 0 radical (unpaired) electrons. The molecule has 1 aromatic rings. The number of ether oxygens (including phenoxy) is 2. The Morgan fingerprint density at radius 3 is 2.52 bits per heavy atom. The summed E-state index contributed by atoms with van der Waals surface area (Å²) < 4.78 is 38.4. The SMILES string of the molecule is NOC(=O)[C@H](O)[C@@H](O)C(=O)O[C@@H]1O[C@H](CO[P@@]2(=O)OCC[C@@H](c3ccncc3)O2)[C@@H](O)[C@@H]1O. The van der Waals surface area contributed by atoms with Crippen molar-refractivity contribution in [1.29, 1.82) is 0 Å². The van der Waals surface area contributed by atoms with Gasteiger partial charge in [-0.1, -0.05) is 0 Å². The quantitative estimate of drug-likeness (QED) is 0.147. The third-order valence-corrected chi connectivity index (χ3v) is 6.29. The lowest BCUT2D eigenvalue weighted by Crippen LogP contribution is -2.45. The van der Waals surface area contributed by atoms with Crippen molar-refractivity contribution in [2.45, 2.75) is 49.3 Å². The largest absolute Gasteiger partial charge is 0.475 e. The lowest BCUT2D eigenvalue weighted by atomic mass is 10.1. The Labute approximate surface area is 186 Å². The van der Waals surface area contributed by atoms with Crippen LogP contribution in [0.3, 0.4) is 0 Å². The molecule has 0 aromatic carbocycles. The molecular weight excluding hydrogens is 471 g/mol. The van der Waals surface area contributed by atoms with E-state index in [1.165, 1.54) is 0 Å². The first kappa shape index (κ1) is 25.6. The van der Waals surface area contributed by atoms with E-state index in [2.05, 4.69) is 20.5 Å². The summed E-state index contributed by atoms with van der Waals surface area (Å²) in [6.07, 6.45) is -8.47. The Kier molecular flexibility index (Phi) is 8.47. The molecule has 0 amide bonds. The molecule has 16 heteroatoms. The van der Waals surface area contributed by atoms with E-state index in [9.17, 15) is 34.6 Å². The van der Waals surface area contributed by atoms with Gasteiger partial charge in [-0.2, -0.15) is 5.90 Å². The van der Waals surface area contributed by atoms with E-state index in [0.29, 0.717) is 12.0 Å². The van der Waals surface area contributed by atoms with Crippen molar-refractivity contribution in [3.05, 3.63) is 30.1 Å². The number of aromatic nitrogens is 1. The van der Waals surface area contributed by atoms with Gasteiger partial charge in [-0.3, -0.25) is 18.6 Å². The zero-order valence-corrected chi connectivity index (χ0v) is 17.8. The fourth-order valence-corrected chi connectivity index (χ4v) is 4.40. The van der Waals surface area contributed by atoms with E-state index in [-0.39, 0.29) is 6.61 Å². The van der Waals surface area contributed by atoms with Gasteiger partial charge in [-0.15, -0.1) is 0 Å². The summed E-state index contributed by atoms with van der Waals surface area (Å²) in [5.74, 6) is 1.46. The fourth-order valence-electron chi connectivity index (χ4n) is 3.01. The molecule has 2 fully saturated rings. The highest BCUT2D eigenvalue weighted by Gasteiger charge is 2.48. The van der Waals surface area contributed by atoms with Crippen LogP contribution >= 0.6 is 7.82 Å². The summed E-state index contributed by atoms with van der Waals surface area (Å²) in [6, 6.07) is 3.36. The molecule has 0 saturated carbocycles. The minimum atomic E-state index is -4.06. The highest BCUT2D eigenvalue weighted by atomic mass is 31.2. The number of nitrogens with two attached hydrogens (primary N) is 1. The summed E-state index contributed by atoms with van der Waals surface area (Å²) >= 11 is 0. The van der Waals surface area contributed by atoms with Gasteiger partial charge in [0.15, 0.2) is 12.2 Å². The van der Waals surface area contributed by atoms with Crippen LogP contribution in [0, 0.1) is 0 Å². The van der Waals surface area contributed by atoms with Crippen LogP contribution in [-0.2, 0) is 42.0 Å². The number of phosphoric acid groups is 1. The number of pyridine rings is 1. The molecule has 0 bridgehead atoms. The Morgan fingerprint density at radius 1 is 1.18 bits per heavy atom. The number of rotatable bonds is 8. The van der Waals surface area contributed by atoms with E-state index in [1.807, 2.05) is 0 Å². The third kappa shape index (κ3) is 6.10. The van der Waals surface area contributed by atoms with Gasteiger partial charge in [0.05, 0.1) is 19.3 Å². The summed E-state index contributed by atoms with van der Waals surface area (Å²) in [5, 5.41) is 39.2. The Balaban J connectivity index is 1.55. The molecule has 1 aromatic heterocycles. The van der Waals surface area contributed by atoms with Crippen LogP contribution in [0.4, 0.5) is 0 Å². The van der Waals surface area contributed by atoms with Gasteiger partial charge in [0.2, 0.25) is 6.29 Å². The van der Waals surface area contributed by atoms with Crippen LogP contribution in [0.15, 0.2) is 24.5 Å². The van der Waals surface area contributed by atoms with E-state index in [4.69, 9.17) is 18.3 Å². The molecule has 0 aliphatic carbocycles. The number of nitrogens with zero attached hydrogens (tertiary/aromatic N) is 1.